The number of benzene rings is 1. The molecule has 0 N–H and O–H groups in total. The van der Waals surface area contributed by atoms with E-state index in [1.54, 1.807) is 12.3 Å². The molecule has 6 heteroatoms. The number of pyridine rings is 1. The predicted molar refractivity (Wildman–Crippen MR) is 96.4 cm³/mol. The van der Waals surface area contributed by atoms with Crippen molar-refractivity contribution in [3.8, 4) is 11.5 Å². The molecule has 0 bridgehead atoms. The third-order valence-electron chi connectivity index (χ3n) is 4.77. The van der Waals surface area contributed by atoms with Crippen LogP contribution in [0.4, 0.5) is 0 Å². The van der Waals surface area contributed by atoms with E-state index in [-0.39, 0.29) is 5.91 Å². The number of aryl methyl sites for hydroxylation is 1. The highest BCUT2D eigenvalue weighted by molar-refractivity contribution is 5.95. The maximum absolute atomic E-state index is 12.7. The molecule has 0 spiro atoms. The first-order valence-corrected chi connectivity index (χ1v) is 8.79. The van der Waals surface area contributed by atoms with E-state index in [9.17, 15) is 4.79 Å². The number of carbonyl (C=O) groups is 1. The average Bonchev–Trinajstić information content (AvgIpc) is 3.32. The molecule has 6 nitrogen and oxygen atoms in total. The van der Waals surface area contributed by atoms with E-state index in [1.165, 1.54) is 0 Å². The minimum absolute atomic E-state index is 0.0520. The summed E-state index contributed by atoms with van der Waals surface area (Å²) in [7, 11) is 0. The van der Waals surface area contributed by atoms with Gasteiger partial charge in [-0.3, -0.25) is 9.78 Å². The van der Waals surface area contributed by atoms with Gasteiger partial charge < -0.3 is 9.42 Å². The van der Waals surface area contributed by atoms with E-state index in [0.29, 0.717) is 36.2 Å². The summed E-state index contributed by atoms with van der Waals surface area (Å²) >= 11 is 0. The lowest BCUT2D eigenvalue weighted by Crippen LogP contribution is -2.29. The summed E-state index contributed by atoms with van der Waals surface area (Å²) in [4.78, 5) is 23.3. The summed E-state index contributed by atoms with van der Waals surface area (Å²) in [5.41, 5.74) is 2.37. The SMILES string of the molecule is Cc1ncccc1C(=O)N1CCC(Cc2noc(-c3ccccc3)n2)C1. The van der Waals surface area contributed by atoms with Gasteiger partial charge in [0.05, 0.1) is 5.56 Å². The summed E-state index contributed by atoms with van der Waals surface area (Å²) in [5, 5.41) is 4.10. The Bertz CT molecular complexity index is 907. The molecule has 1 aliphatic rings. The van der Waals surface area contributed by atoms with Gasteiger partial charge in [-0.05, 0) is 43.5 Å². The zero-order chi connectivity index (χ0) is 17.9. The van der Waals surface area contributed by atoms with Gasteiger partial charge >= 0.3 is 0 Å². The molecule has 0 saturated carbocycles. The third-order valence-corrected chi connectivity index (χ3v) is 4.77. The summed E-state index contributed by atoms with van der Waals surface area (Å²) in [5.74, 6) is 1.63. The summed E-state index contributed by atoms with van der Waals surface area (Å²) in [6.45, 7) is 3.33. The smallest absolute Gasteiger partial charge is 0.257 e. The molecule has 1 saturated heterocycles. The van der Waals surface area contributed by atoms with E-state index < -0.39 is 0 Å². The number of likely N-dealkylation sites (tertiary alicyclic amines) is 1. The van der Waals surface area contributed by atoms with Gasteiger partial charge in [0.1, 0.15) is 0 Å². The normalized spacial score (nSPS) is 16.8. The number of nitrogens with zero attached hydrogens (tertiary/aromatic N) is 4. The molecular weight excluding hydrogens is 328 g/mol. The molecule has 0 aliphatic carbocycles. The zero-order valence-electron chi connectivity index (χ0n) is 14.6. The van der Waals surface area contributed by atoms with Crippen molar-refractivity contribution in [2.75, 3.05) is 13.1 Å². The molecule has 26 heavy (non-hydrogen) atoms. The first kappa shape index (κ1) is 16.4. The highest BCUT2D eigenvalue weighted by Gasteiger charge is 2.29. The quantitative estimate of drug-likeness (QED) is 0.724. The Morgan fingerprint density at radius 3 is 2.88 bits per heavy atom. The number of hydrogen-bond donors (Lipinski definition) is 0. The molecule has 0 radical (unpaired) electrons. The second-order valence-corrected chi connectivity index (χ2v) is 6.63. The lowest BCUT2D eigenvalue weighted by atomic mass is 10.0. The third kappa shape index (κ3) is 3.35. The molecule has 2 aromatic heterocycles. The summed E-state index contributed by atoms with van der Waals surface area (Å²) in [6.07, 6.45) is 3.37. The fourth-order valence-electron chi connectivity index (χ4n) is 3.36. The Balaban J connectivity index is 1.40. The summed E-state index contributed by atoms with van der Waals surface area (Å²) in [6, 6.07) is 13.4. The fraction of sp³-hybridized carbons (Fsp3) is 0.300. The van der Waals surface area contributed by atoms with Gasteiger partial charge in [-0.2, -0.15) is 4.98 Å². The standard InChI is InChI=1S/C20H20N4O2/c1-14-17(8-5-10-21-14)20(25)24-11-9-15(13-24)12-18-22-19(26-23-18)16-6-3-2-4-7-16/h2-8,10,15H,9,11-13H2,1H3. The van der Waals surface area contributed by atoms with Crippen LogP contribution in [0.2, 0.25) is 0 Å². The number of rotatable bonds is 4. The second kappa shape index (κ2) is 7.07. The lowest BCUT2D eigenvalue weighted by molar-refractivity contribution is 0.0785. The highest BCUT2D eigenvalue weighted by Crippen LogP contribution is 2.23. The molecule has 3 aromatic rings. The van der Waals surface area contributed by atoms with Crippen molar-refractivity contribution in [1.82, 2.24) is 20.0 Å². The average molecular weight is 348 g/mol. The van der Waals surface area contributed by atoms with Crippen LogP contribution in [0, 0.1) is 12.8 Å². The van der Waals surface area contributed by atoms with E-state index in [1.807, 2.05) is 48.2 Å². The maximum atomic E-state index is 12.7. The Morgan fingerprint density at radius 2 is 2.08 bits per heavy atom. The van der Waals surface area contributed by atoms with Crippen molar-refractivity contribution < 1.29 is 9.32 Å². The van der Waals surface area contributed by atoms with Gasteiger partial charge in [-0.25, -0.2) is 0 Å². The molecular formula is C20H20N4O2. The van der Waals surface area contributed by atoms with Crippen molar-refractivity contribution in [3.63, 3.8) is 0 Å². The largest absolute Gasteiger partial charge is 0.338 e. The van der Waals surface area contributed by atoms with Crippen molar-refractivity contribution >= 4 is 5.91 Å². The number of aromatic nitrogens is 3. The van der Waals surface area contributed by atoms with E-state index in [0.717, 1.165) is 24.2 Å². The van der Waals surface area contributed by atoms with Crippen LogP contribution < -0.4 is 0 Å². The zero-order valence-corrected chi connectivity index (χ0v) is 14.6. The molecule has 3 heterocycles. The van der Waals surface area contributed by atoms with Gasteiger partial charge in [0.2, 0.25) is 0 Å². The first-order valence-electron chi connectivity index (χ1n) is 8.79. The van der Waals surface area contributed by atoms with Crippen LogP contribution in [0.1, 0.15) is 28.3 Å². The Morgan fingerprint density at radius 1 is 1.23 bits per heavy atom. The van der Waals surface area contributed by atoms with Gasteiger partial charge in [0.25, 0.3) is 11.8 Å². The molecule has 1 atom stereocenters. The van der Waals surface area contributed by atoms with Crippen LogP contribution in [-0.4, -0.2) is 39.0 Å². The monoisotopic (exact) mass is 348 g/mol. The van der Waals surface area contributed by atoms with Gasteiger partial charge in [0.15, 0.2) is 5.82 Å². The van der Waals surface area contributed by atoms with Crippen molar-refractivity contribution in [2.45, 2.75) is 19.8 Å². The van der Waals surface area contributed by atoms with Crippen LogP contribution in [-0.2, 0) is 6.42 Å². The molecule has 1 amide bonds. The van der Waals surface area contributed by atoms with Crippen LogP contribution in [0.5, 0.6) is 0 Å². The van der Waals surface area contributed by atoms with E-state index in [2.05, 4.69) is 15.1 Å². The maximum Gasteiger partial charge on any atom is 0.257 e. The molecule has 1 fully saturated rings. The number of hydrogen-bond acceptors (Lipinski definition) is 5. The van der Waals surface area contributed by atoms with Crippen LogP contribution in [0.15, 0.2) is 53.2 Å². The van der Waals surface area contributed by atoms with Crippen molar-refractivity contribution in [2.24, 2.45) is 5.92 Å². The van der Waals surface area contributed by atoms with Gasteiger partial charge in [0, 0.05) is 37.0 Å². The second-order valence-electron chi connectivity index (χ2n) is 6.63. The Hall–Kier alpha value is -3.02. The highest BCUT2D eigenvalue weighted by atomic mass is 16.5. The van der Waals surface area contributed by atoms with E-state index in [4.69, 9.17) is 4.52 Å². The van der Waals surface area contributed by atoms with Gasteiger partial charge in [-0.15, -0.1) is 0 Å². The van der Waals surface area contributed by atoms with Crippen molar-refractivity contribution in [1.29, 1.82) is 0 Å². The molecule has 1 aliphatic heterocycles. The minimum Gasteiger partial charge on any atom is -0.338 e. The molecule has 4 rings (SSSR count). The topological polar surface area (TPSA) is 72.1 Å². The Labute approximate surface area is 151 Å². The van der Waals surface area contributed by atoms with Crippen LogP contribution in [0.25, 0.3) is 11.5 Å². The molecule has 1 aromatic carbocycles. The molecule has 132 valence electrons. The van der Waals surface area contributed by atoms with E-state index >= 15 is 0 Å². The summed E-state index contributed by atoms with van der Waals surface area (Å²) < 4.78 is 5.37. The lowest BCUT2D eigenvalue weighted by Gasteiger charge is -2.17. The minimum atomic E-state index is 0.0520. The van der Waals surface area contributed by atoms with Crippen LogP contribution >= 0.6 is 0 Å². The molecule has 1 unspecified atom stereocenters. The Kier molecular flexibility index (Phi) is 4.48. The number of carbonyl (C=O) groups excluding carboxylic acids is 1. The first-order chi connectivity index (χ1) is 12.7. The van der Waals surface area contributed by atoms with Gasteiger partial charge in [-0.1, -0.05) is 23.4 Å². The number of amides is 1. The fourth-order valence-corrected chi connectivity index (χ4v) is 3.36. The van der Waals surface area contributed by atoms with Crippen molar-refractivity contribution in [3.05, 3.63) is 65.7 Å². The van der Waals surface area contributed by atoms with Crippen LogP contribution in [0.3, 0.4) is 0 Å². The predicted octanol–water partition coefficient (Wildman–Crippen LogP) is 3.14.